The van der Waals surface area contributed by atoms with E-state index >= 15 is 0 Å². The summed E-state index contributed by atoms with van der Waals surface area (Å²) < 4.78 is 26.8. The first-order valence-electron chi connectivity index (χ1n) is 10.6. The average Bonchev–Trinajstić information content (AvgIpc) is 3.46. The number of carbonyl (C=O) groups is 2. The number of halogens is 2. The van der Waals surface area contributed by atoms with Crippen molar-refractivity contribution in [1.29, 1.82) is 0 Å². The van der Waals surface area contributed by atoms with Crippen LogP contribution in [0.25, 0.3) is 16.5 Å². The van der Waals surface area contributed by atoms with Gasteiger partial charge in [0.2, 0.25) is 0 Å². The number of thiophene rings is 1. The van der Waals surface area contributed by atoms with Gasteiger partial charge >= 0.3 is 5.97 Å². The van der Waals surface area contributed by atoms with Gasteiger partial charge in [-0.1, -0.05) is 12.1 Å². The molecular weight excluding hydrogens is 502 g/mol. The minimum atomic E-state index is -0.987. The lowest BCUT2D eigenvalue weighted by atomic mass is 10.1. The lowest BCUT2D eigenvalue weighted by molar-refractivity contribution is -0.113. The summed E-state index contributed by atoms with van der Waals surface area (Å²) in [4.78, 5) is 32.6. The van der Waals surface area contributed by atoms with Crippen molar-refractivity contribution in [3.05, 3.63) is 112 Å². The fourth-order valence-corrected chi connectivity index (χ4v) is 5.51. The number of carbonyl (C=O) groups excluding carboxylic acids is 1. The highest BCUT2D eigenvalue weighted by atomic mass is 32.2. The first kappa shape index (κ1) is 23.7. The molecule has 0 bridgehead atoms. The minimum Gasteiger partial charge on any atom is -0.478 e. The molecular formula is C27H16F2N2O3S2. The van der Waals surface area contributed by atoms with Crippen LogP contribution >= 0.6 is 23.1 Å². The standard InChI is InChI=1S/C27H16F2N2O3S2/c28-18-5-9-20(10-6-18)30-27-31(21-11-7-19(29)8-12-21)25(32)24(36-27)15-22-13-14-23(35-22)16-1-3-17(4-2-16)26(33)34/h1-15H,(H,33,34)/b24-15+,30-27?. The van der Waals surface area contributed by atoms with Crippen molar-refractivity contribution in [3.8, 4) is 10.4 Å². The number of aromatic carboxylic acids is 1. The number of carboxylic acid groups (broad SMARTS) is 1. The first-order valence-corrected chi connectivity index (χ1v) is 12.3. The molecule has 1 amide bonds. The molecule has 0 radical (unpaired) electrons. The van der Waals surface area contributed by atoms with Crippen LogP contribution in [0.5, 0.6) is 0 Å². The van der Waals surface area contributed by atoms with E-state index in [9.17, 15) is 18.4 Å². The zero-order chi connectivity index (χ0) is 25.2. The summed E-state index contributed by atoms with van der Waals surface area (Å²) in [6.45, 7) is 0. The fourth-order valence-electron chi connectivity index (χ4n) is 3.48. The van der Waals surface area contributed by atoms with Gasteiger partial charge in [0.05, 0.1) is 21.8 Å². The predicted molar refractivity (Wildman–Crippen MR) is 140 cm³/mol. The van der Waals surface area contributed by atoms with Gasteiger partial charge in [-0.05, 0) is 96.2 Å². The maximum atomic E-state index is 13.5. The van der Waals surface area contributed by atoms with Crippen LogP contribution in [0.4, 0.5) is 20.2 Å². The molecule has 1 aliphatic rings. The average molecular weight is 519 g/mol. The van der Waals surface area contributed by atoms with Crippen LogP contribution < -0.4 is 4.90 Å². The third kappa shape index (κ3) is 4.98. The summed E-state index contributed by atoms with van der Waals surface area (Å²) >= 11 is 2.63. The molecule has 0 atom stereocenters. The normalized spacial score (nSPS) is 15.7. The summed E-state index contributed by atoms with van der Waals surface area (Å²) in [6, 6.07) is 21.5. The number of amides is 1. The molecule has 9 heteroatoms. The number of rotatable bonds is 5. The van der Waals surface area contributed by atoms with E-state index < -0.39 is 17.6 Å². The summed E-state index contributed by atoms with van der Waals surface area (Å²) in [5, 5.41) is 9.46. The van der Waals surface area contributed by atoms with Crippen molar-refractivity contribution in [1.82, 2.24) is 0 Å². The van der Waals surface area contributed by atoms with Crippen molar-refractivity contribution in [2.75, 3.05) is 4.90 Å². The van der Waals surface area contributed by atoms with Gasteiger partial charge in [0.25, 0.3) is 5.91 Å². The summed E-state index contributed by atoms with van der Waals surface area (Å²) in [6.07, 6.45) is 1.76. The summed E-state index contributed by atoms with van der Waals surface area (Å²) in [5.41, 5.74) is 2.01. The molecule has 2 heterocycles. The monoisotopic (exact) mass is 518 g/mol. The smallest absolute Gasteiger partial charge is 0.335 e. The molecule has 0 aliphatic carbocycles. The molecule has 1 N–H and O–H groups in total. The van der Waals surface area contributed by atoms with E-state index in [1.807, 2.05) is 12.1 Å². The number of thioether (sulfide) groups is 1. The number of carboxylic acids is 1. The lowest BCUT2D eigenvalue weighted by Crippen LogP contribution is -2.28. The van der Waals surface area contributed by atoms with Crippen molar-refractivity contribution < 1.29 is 23.5 Å². The number of nitrogens with zero attached hydrogens (tertiary/aromatic N) is 2. The van der Waals surface area contributed by atoms with Crippen LogP contribution in [-0.4, -0.2) is 22.2 Å². The van der Waals surface area contributed by atoms with Gasteiger partial charge in [-0.25, -0.2) is 18.6 Å². The second kappa shape index (κ2) is 9.88. The van der Waals surface area contributed by atoms with Gasteiger partial charge in [-0.3, -0.25) is 9.69 Å². The molecule has 0 unspecified atom stereocenters. The van der Waals surface area contributed by atoms with E-state index in [-0.39, 0.29) is 11.5 Å². The van der Waals surface area contributed by atoms with Gasteiger partial charge < -0.3 is 5.11 Å². The number of hydrogen-bond donors (Lipinski definition) is 1. The van der Waals surface area contributed by atoms with Crippen LogP contribution in [0.3, 0.4) is 0 Å². The Morgan fingerprint density at radius 2 is 1.50 bits per heavy atom. The molecule has 1 aliphatic heterocycles. The van der Waals surface area contributed by atoms with E-state index in [0.29, 0.717) is 21.4 Å². The fraction of sp³-hybridized carbons (Fsp3) is 0. The molecule has 0 spiro atoms. The molecule has 36 heavy (non-hydrogen) atoms. The third-order valence-corrected chi connectivity index (χ3v) is 7.31. The Hall–Kier alpha value is -4.08. The number of hydrogen-bond acceptors (Lipinski definition) is 5. The van der Waals surface area contributed by atoms with Crippen LogP contribution in [-0.2, 0) is 4.79 Å². The van der Waals surface area contributed by atoms with Gasteiger partial charge in [0.15, 0.2) is 5.17 Å². The molecule has 0 saturated carbocycles. The number of anilines is 1. The number of benzene rings is 3. The second-order valence-electron chi connectivity index (χ2n) is 7.68. The maximum Gasteiger partial charge on any atom is 0.335 e. The lowest BCUT2D eigenvalue weighted by Gasteiger charge is -2.15. The number of amidine groups is 1. The second-order valence-corrected chi connectivity index (χ2v) is 9.81. The molecule has 178 valence electrons. The zero-order valence-electron chi connectivity index (χ0n) is 18.4. The molecule has 3 aromatic carbocycles. The molecule has 5 nitrogen and oxygen atoms in total. The van der Waals surface area contributed by atoms with Gasteiger partial charge in [0.1, 0.15) is 11.6 Å². The van der Waals surface area contributed by atoms with Crippen LogP contribution in [0.1, 0.15) is 15.2 Å². The van der Waals surface area contributed by atoms with Crippen molar-refractivity contribution in [3.63, 3.8) is 0 Å². The Morgan fingerprint density at radius 1 is 0.861 bits per heavy atom. The third-order valence-electron chi connectivity index (χ3n) is 5.26. The topological polar surface area (TPSA) is 70.0 Å². The number of aliphatic imine (C=N–C) groups is 1. The van der Waals surface area contributed by atoms with E-state index in [1.54, 1.807) is 30.3 Å². The Morgan fingerprint density at radius 3 is 2.14 bits per heavy atom. The minimum absolute atomic E-state index is 0.208. The zero-order valence-corrected chi connectivity index (χ0v) is 20.0. The van der Waals surface area contributed by atoms with Crippen molar-refractivity contribution >= 4 is 57.6 Å². The summed E-state index contributed by atoms with van der Waals surface area (Å²) in [7, 11) is 0. The molecule has 1 aromatic heterocycles. The van der Waals surface area contributed by atoms with E-state index in [0.717, 1.165) is 15.3 Å². The van der Waals surface area contributed by atoms with Crippen molar-refractivity contribution in [2.24, 2.45) is 4.99 Å². The highest BCUT2D eigenvalue weighted by Gasteiger charge is 2.35. The Bertz CT molecular complexity index is 1510. The highest BCUT2D eigenvalue weighted by Crippen LogP contribution is 2.39. The van der Waals surface area contributed by atoms with E-state index in [1.165, 1.54) is 76.5 Å². The van der Waals surface area contributed by atoms with Crippen LogP contribution in [0.2, 0.25) is 0 Å². The molecule has 1 saturated heterocycles. The van der Waals surface area contributed by atoms with E-state index in [2.05, 4.69) is 4.99 Å². The Labute approximate surface area is 213 Å². The largest absolute Gasteiger partial charge is 0.478 e. The van der Waals surface area contributed by atoms with E-state index in [4.69, 9.17) is 5.11 Å². The SMILES string of the molecule is O=C(O)c1ccc(-c2ccc(/C=C3/SC(=Nc4ccc(F)cc4)N(c4ccc(F)cc4)C3=O)s2)cc1. The predicted octanol–water partition coefficient (Wildman–Crippen LogP) is 7.20. The van der Waals surface area contributed by atoms with Gasteiger partial charge in [-0.15, -0.1) is 11.3 Å². The first-order chi connectivity index (χ1) is 17.4. The Kier molecular flexibility index (Phi) is 6.49. The highest BCUT2D eigenvalue weighted by molar-refractivity contribution is 8.19. The van der Waals surface area contributed by atoms with Crippen LogP contribution in [0.15, 0.2) is 94.8 Å². The molecule has 5 rings (SSSR count). The van der Waals surface area contributed by atoms with Crippen LogP contribution in [0, 0.1) is 11.6 Å². The summed E-state index contributed by atoms with van der Waals surface area (Å²) in [5.74, 6) is -2.11. The van der Waals surface area contributed by atoms with Gasteiger partial charge in [0, 0.05) is 9.75 Å². The van der Waals surface area contributed by atoms with Crippen molar-refractivity contribution in [2.45, 2.75) is 0 Å². The molecule has 4 aromatic rings. The molecule has 1 fully saturated rings. The Balaban J connectivity index is 1.48. The maximum absolute atomic E-state index is 13.5. The van der Waals surface area contributed by atoms with Gasteiger partial charge in [-0.2, -0.15) is 0 Å². The quantitative estimate of drug-likeness (QED) is 0.284.